The molecule has 0 radical (unpaired) electrons. The van der Waals surface area contributed by atoms with Crippen LogP contribution in [-0.4, -0.2) is 61.3 Å². The number of fused-ring (bicyclic) bond motifs is 2. The van der Waals surface area contributed by atoms with Crippen LogP contribution < -0.4 is 9.47 Å². The number of carbonyl (C=O) groups is 1. The first-order valence-electron chi connectivity index (χ1n) is 11.8. The van der Waals surface area contributed by atoms with Gasteiger partial charge in [-0.3, -0.25) is 4.90 Å². The van der Waals surface area contributed by atoms with E-state index in [-0.39, 0.29) is 25.7 Å². The van der Waals surface area contributed by atoms with Crippen LogP contribution in [0.2, 0.25) is 0 Å². The molecule has 3 heterocycles. The average Bonchev–Trinajstić information content (AvgIpc) is 2.83. The molecule has 34 heavy (non-hydrogen) atoms. The third-order valence-electron chi connectivity index (χ3n) is 6.24. The zero-order valence-corrected chi connectivity index (χ0v) is 20.0. The van der Waals surface area contributed by atoms with Gasteiger partial charge in [0.15, 0.2) is 13.6 Å². The van der Waals surface area contributed by atoms with E-state index in [9.17, 15) is 4.79 Å². The minimum absolute atomic E-state index is 0.0141. The van der Waals surface area contributed by atoms with Gasteiger partial charge >= 0.3 is 6.09 Å². The number of nitrogens with zero attached hydrogens (tertiary/aromatic N) is 2. The van der Waals surface area contributed by atoms with Gasteiger partial charge in [-0.15, -0.1) is 0 Å². The molecule has 0 N–H and O–H groups in total. The number of carbonyl (C=O) groups excluding carboxylic acids is 1. The van der Waals surface area contributed by atoms with Gasteiger partial charge in [-0.2, -0.15) is 0 Å². The molecule has 3 aliphatic heterocycles. The highest BCUT2D eigenvalue weighted by molar-refractivity contribution is 5.68. The maximum absolute atomic E-state index is 12.6. The predicted molar refractivity (Wildman–Crippen MR) is 125 cm³/mol. The highest BCUT2D eigenvalue weighted by Crippen LogP contribution is 2.36. The molecule has 3 aliphatic rings. The quantitative estimate of drug-likeness (QED) is 0.673. The Hall–Kier alpha value is -2.81. The largest absolute Gasteiger partial charge is 0.467 e. The maximum Gasteiger partial charge on any atom is 0.410 e. The first-order valence-corrected chi connectivity index (χ1v) is 11.8. The molecule has 1 amide bonds. The number of hydrogen-bond donors (Lipinski definition) is 0. The molecule has 0 bridgehead atoms. The van der Waals surface area contributed by atoms with Crippen molar-refractivity contribution < 1.29 is 28.5 Å². The van der Waals surface area contributed by atoms with Gasteiger partial charge in [0.2, 0.25) is 0 Å². The van der Waals surface area contributed by atoms with E-state index >= 15 is 0 Å². The second kappa shape index (κ2) is 9.44. The Morgan fingerprint density at radius 2 is 1.38 bits per heavy atom. The highest BCUT2D eigenvalue weighted by atomic mass is 16.7. The van der Waals surface area contributed by atoms with Gasteiger partial charge in [0.1, 0.15) is 17.1 Å². The van der Waals surface area contributed by atoms with E-state index in [1.54, 1.807) is 4.90 Å². The second-order valence-electron chi connectivity index (χ2n) is 9.86. The van der Waals surface area contributed by atoms with Crippen LogP contribution in [0.4, 0.5) is 4.79 Å². The summed E-state index contributed by atoms with van der Waals surface area (Å²) >= 11 is 0. The zero-order valence-electron chi connectivity index (χ0n) is 20.0. The summed E-state index contributed by atoms with van der Waals surface area (Å²) in [5.41, 5.74) is 3.92. The minimum atomic E-state index is -0.503. The molecule has 0 unspecified atom stereocenters. The van der Waals surface area contributed by atoms with E-state index in [4.69, 9.17) is 23.7 Å². The standard InChI is InChI=1S/C26H32N2O6/c1-26(2,3)34-25(29)28-10-8-27(9-11-28)24(18-4-6-22-20(12-18)14-30-16-32-22)19-5-7-23-21(13-19)15-31-17-33-23/h4-7,12-13,24H,8-11,14-17H2,1-3H3. The fraction of sp³-hybridized carbons (Fsp3) is 0.500. The predicted octanol–water partition coefficient (Wildman–Crippen LogP) is 4.06. The van der Waals surface area contributed by atoms with Crippen LogP contribution in [0.15, 0.2) is 36.4 Å². The molecular weight excluding hydrogens is 436 g/mol. The maximum atomic E-state index is 12.6. The first-order chi connectivity index (χ1) is 16.4. The zero-order chi connectivity index (χ0) is 23.7. The summed E-state index contributed by atoms with van der Waals surface area (Å²) in [5.74, 6) is 1.74. The van der Waals surface area contributed by atoms with Crippen LogP contribution in [0, 0.1) is 0 Å². The molecule has 8 heteroatoms. The minimum Gasteiger partial charge on any atom is -0.467 e. The van der Waals surface area contributed by atoms with Gasteiger partial charge in [-0.05, 0) is 56.2 Å². The Kier molecular flexibility index (Phi) is 6.38. The van der Waals surface area contributed by atoms with Crippen molar-refractivity contribution in [2.24, 2.45) is 0 Å². The van der Waals surface area contributed by atoms with E-state index in [2.05, 4.69) is 29.2 Å². The van der Waals surface area contributed by atoms with E-state index in [0.717, 1.165) is 46.8 Å². The number of rotatable bonds is 3. The van der Waals surface area contributed by atoms with E-state index in [1.165, 1.54) is 0 Å². The Labute approximate surface area is 200 Å². The van der Waals surface area contributed by atoms with Gasteiger partial charge in [-0.1, -0.05) is 12.1 Å². The van der Waals surface area contributed by atoms with E-state index in [0.29, 0.717) is 26.3 Å². The summed E-state index contributed by atoms with van der Waals surface area (Å²) in [6.07, 6.45) is -0.255. The summed E-state index contributed by atoms with van der Waals surface area (Å²) < 4.78 is 27.9. The normalized spacial score (nSPS) is 18.5. The molecular formula is C26H32N2O6. The third kappa shape index (κ3) is 4.99. The van der Waals surface area contributed by atoms with Crippen molar-refractivity contribution in [1.29, 1.82) is 0 Å². The van der Waals surface area contributed by atoms with Crippen LogP contribution in [0.3, 0.4) is 0 Å². The summed E-state index contributed by atoms with van der Waals surface area (Å²) in [7, 11) is 0. The van der Waals surface area contributed by atoms with Gasteiger partial charge in [0.25, 0.3) is 0 Å². The molecule has 0 saturated carbocycles. The molecule has 1 fully saturated rings. The van der Waals surface area contributed by atoms with Gasteiger partial charge in [0, 0.05) is 37.3 Å². The van der Waals surface area contributed by atoms with Crippen LogP contribution in [0.25, 0.3) is 0 Å². The third-order valence-corrected chi connectivity index (χ3v) is 6.24. The lowest BCUT2D eigenvalue weighted by atomic mass is 9.93. The summed E-state index contributed by atoms with van der Waals surface area (Å²) in [5, 5.41) is 0. The van der Waals surface area contributed by atoms with E-state index in [1.807, 2.05) is 32.9 Å². The fourth-order valence-corrected chi connectivity index (χ4v) is 4.66. The first kappa shape index (κ1) is 23.0. The Bertz CT molecular complexity index is 983. The summed E-state index contributed by atoms with van der Waals surface area (Å²) in [6.45, 7) is 10.0. The smallest absolute Gasteiger partial charge is 0.410 e. The molecule has 5 rings (SSSR count). The van der Waals surface area contributed by atoms with Crippen molar-refractivity contribution in [3.05, 3.63) is 58.7 Å². The molecule has 0 spiro atoms. The molecule has 0 atom stereocenters. The lowest BCUT2D eigenvalue weighted by molar-refractivity contribution is -0.0166. The van der Waals surface area contributed by atoms with Gasteiger partial charge < -0.3 is 28.6 Å². The Balaban J connectivity index is 1.42. The highest BCUT2D eigenvalue weighted by Gasteiger charge is 2.31. The van der Waals surface area contributed by atoms with Crippen LogP contribution in [0.1, 0.15) is 49.1 Å². The molecule has 2 aromatic carbocycles. The number of benzene rings is 2. The average molecular weight is 469 g/mol. The molecule has 1 saturated heterocycles. The fourth-order valence-electron chi connectivity index (χ4n) is 4.66. The summed E-state index contributed by atoms with van der Waals surface area (Å²) in [6, 6.07) is 12.7. The molecule has 8 nitrogen and oxygen atoms in total. The van der Waals surface area contributed by atoms with E-state index < -0.39 is 5.60 Å². The SMILES string of the molecule is CC(C)(C)OC(=O)N1CCN(C(c2ccc3c(c2)COCO3)c2ccc3c(c2)COCO3)CC1. The second-order valence-corrected chi connectivity index (χ2v) is 9.86. The number of amides is 1. The van der Waals surface area contributed by atoms with Crippen LogP contribution in [-0.2, 0) is 27.4 Å². The van der Waals surface area contributed by atoms with Crippen LogP contribution in [0.5, 0.6) is 11.5 Å². The lowest BCUT2D eigenvalue weighted by Crippen LogP contribution is -2.51. The van der Waals surface area contributed by atoms with Crippen molar-refractivity contribution in [3.8, 4) is 11.5 Å². The summed E-state index contributed by atoms with van der Waals surface area (Å²) in [4.78, 5) is 16.8. The number of hydrogen-bond acceptors (Lipinski definition) is 7. The van der Waals surface area contributed by atoms with Crippen molar-refractivity contribution in [2.75, 3.05) is 39.8 Å². The van der Waals surface area contributed by atoms with Crippen LogP contribution >= 0.6 is 0 Å². The van der Waals surface area contributed by atoms with Crippen molar-refractivity contribution in [3.63, 3.8) is 0 Å². The Morgan fingerprint density at radius 1 is 0.853 bits per heavy atom. The number of piperazine rings is 1. The topological polar surface area (TPSA) is 69.7 Å². The number of ether oxygens (including phenoxy) is 5. The van der Waals surface area contributed by atoms with Gasteiger partial charge in [-0.25, -0.2) is 4.79 Å². The van der Waals surface area contributed by atoms with Gasteiger partial charge in [0.05, 0.1) is 19.3 Å². The lowest BCUT2D eigenvalue weighted by Gasteiger charge is -2.40. The van der Waals surface area contributed by atoms with Crippen molar-refractivity contribution in [2.45, 2.75) is 45.6 Å². The molecule has 2 aromatic rings. The molecule has 182 valence electrons. The molecule has 0 aliphatic carbocycles. The Morgan fingerprint density at radius 3 is 1.88 bits per heavy atom. The monoisotopic (exact) mass is 468 g/mol. The van der Waals surface area contributed by atoms with Crippen molar-refractivity contribution >= 4 is 6.09 Å². The van der Waals surface area contributed by atoms with Crippen molar-refractivity contribution in [1.82, 2.24) is 9.80 Å². The molecule has 0 aromatic heterocycles.